The first-order valence-corrected chi connectivity index (χ1v) is 13.5. The summed E-state index contributed by atoms with van der Waals surface area (Å²) in [5.74, 6) is -1.00. The van der Waals surface area contributed by atoms with Gasteiger partial charge in [-0.3, -0.25) is 9.59 Å². The fraction of sp³-hybridized carbons (Fsp3) is 0.654. The highest BCUT2D eigenvalue weighted by Crippen LogP contribution is 2.54. The maximum atomic E-state index is 14.2. The number of benzene rings is 1. The number of halogens is 3. The molecule has 37 heavy (non-hydrogen) atoms. The Morgan fingerprint density at radius 2 is 1.86 bits per heavy atom. The van der Waals surface area contributed by atoms with Crippen LogP contribution in [0.15, 0.2) is 17.0 Å². The van der Waals surface area contributed by atoms with Gasteiger partial charge in [0, 0.05) is 24.0 Å². The largest absolute Gasteiger partial charge is 0.444 e. The summed E-state index contributed by atoms with van der Waals surface area (Å²) < 4.78 is 47.5. The van der Waals surface area contributed by atoms with Gasteiger partial charge in [0.2, 0.25) is 5.91 Å². The van der Waals surface area contributed by atoms with Gasteiger partial charge in [0.15, 0.2) is 0 Å². The lowest BCUT2D eigenvalue weighted by atomic mass is 9.83. The Labute approximate surface area is 219 Å². The van der Waals surface area contributed by atoms with Crippen molar-refractivity contribution in [3.63, 3.8) is 0 Å². The Morgan fingerprint density at radius 1 is 1.19 bits per heavy atom. The molecule has 2 aliphatic heterocycles. The molecular weight excluding hydrogens is 507 g/mol. The van der Waals surface area contributed by atoms with Crippen molar-refractivity contribution in [1.82, 2.24) is 9.80 Å². The lowest BCUT2D eigenvalue weighted by molar-refractivity contribution is -0.138. The molecule has 1 atom stereocenters. The number of anilines is 1. The lowest BCUT2D eigenvalue weighted by Crippen LogP contribution is -2.54. The molecule has 4 rings (SSSR count). The van der Waals surface area contributed by atoms with Gasteiger partial charge in [0.25, 0.3) is 5.91 Å². The number of alkyl halides is 3. The second-order valence-electron chi connectivity index (χ2n) is 11.3. The molecule has 0 unspecified atom stereocenters. The monoisotopic (exact) mass is 541 g/mol. The van der Waals surface area contributed by atoms with E-state index in [9.17, 15) is 27.6 Å². The molecule has 2 fully saturated rings. The standard InChI is InChI=1S/C26H34F3N3O4S/c1-15(2)32(16-8-6-11-31(14-16)23(35)36-24(3,4)5)21(33)17-12-19-20(13-18(17)26(27,28)29)37-25(9-7-10-25)22(34)30-19/h12-13,15-16H,6-11,14H2,1-5H3,(H,30,34)/t16-/m1/s1. The molecule has 1 saturated carbocycles. The summed E-state index contributed by atoms with van der Waals surface area (Å²) in [7, 11) is 0. The summed E-state index contributed by atoms with van der Waals surface area (Å²) in [6, 6.07) is 1.27. The number of ether oxygens (including phenoxy) is 1. The number of hydrogen-bond acceptors (Lipinski definition) is 5. The van der Waals surface area contributed by atoms with Crippen LogP contribution in [0.3, 0.4) is 0 Å². The third-order valence-electron chi connectivity index (χ3n) is 7.02. The van der Waals surface area contributed by atoms with Gasteiger partial charge in [0.05, 0.1) is 27.6 Å². The molecule has 1 aromatic carbocycles. The molecule has 204 valence electrons. The highest BCUT2D eigenvalue weighted by molar-refractivity contribution is 8.01. The molecule has 3 amide bonds. The molecule has 0 radical (unpaired) electrons. The van der Waals surface area contributed by atoms with E-state index in [0.29, 0.717) is 37.1 Å². The third-order valence-corrected chi connectivity index (χ3v) is 8.56. The van der Waals surface area contributed by atoms with Crippen LogP contribution in [0.2, 0.25) is 0 Å². The molecule has 1 spiro atoms. The summed E-state index contributed by atoms with van der Waals surface area (Å²) in [5, 5.41) is 2.75. The second-order valence-corrected chi connectivity index (χ2v) is 12.7. The predicted octanol–water partition coefficient (Wildman–Crippen LogP) is 5.92. The fourth-order valence-electron chi connectivity index (χ4n) is 5.13. The second kappa shape index (κ2) is 9.71. The number of rotatable bonds is 3. The number of hydrogen-bond donors (Lipinski definition) is 1. The number of amides is 3. The van der Waals surface area contributed by atoms with Crippen LogP contribution < -0.4 is 5.32 Å². The Bertz CT molecular complexity index is 1100. The van der Waals surface area contributed by atoms with Crippen LogP contribution in [-0.2, 0) is 15.7 Å². The number of thioether (sulfide) groups is 1. The number of carbonyl (C=O) groups excluding carboxylic acids is 3. The molecule has 1 aromatic rings. The van der Waals surface area contributed by atoms with Gasteiger partial charge >= 0.3 is 12.3 Å². The van der Waals surface area contributed by atoms with Crippen molar-refractivity contribution in [3.05, 3.63) is 23.3 Å². The van der Waals surface area contributed by atoms with Crippen LogP contribution in [0.1, 0.15) is 82.6 Å². The first-order valence-electron chi connectivity index (χ1n) is 12.7. The van der Waals surface area contributed by atoms with E-state index in [0.717, 1.165) is 24.2 Å². The van der Waals surface area contributed by atoms with Crippen LogP contribution in [0, 0.1) is 0 Å². The van der Waals surface area contributed by atoms with Gasteiger partial charge in [-0.05, 0) is 78.9 Å². The van der Waals surface area contributed by atoms with Crippen LogP contribution in [0.25, 0.3) is 0 Å². The van der Waals surface area contributed by atoms with E-state index < -0.39 is 51.7 Å². The van der Waals surface area contributed by atoms with Gasteiger partial charge in [-0.2, -0.15) is 13.2 Å². The van der Waals surface area contributed by atoms with Crippen LogP contribution in [0.4, 0.5) is 23.7 Å². The van der Waals surface area contributed by atoms with Gasteiger partial charge in [-0.1, -0.05) is 0 Å². The zero-order valence-corrected chi connectivity index (χ0v) is 22.6. The summed E-state index contributed by atoms with van der Waals surface area (Å²) in [5.41, 5.74) is -1.98. The summed E-state index contributed by atoms with van der Waals surface area (Å²) in [6.07, 6.45) is -2.06. The average Bonchev–Trinajstić information content (AvgIpc) is 2.75. The summed E-state index contributed by atoms with van der Waals surface area (Å²) in [6.45, 7) is 9.38. The summed E-state index contributed by atoms with van der Waals surface area (Å²) in [4.78, 5) is 42.4. The van der Waals surface area contributed by atoms with E-state index in [4.69, 9.17) is 4.74 Å². The maximum absolute atomic E-state index is 14.2. The van der Waals surface area contributed by atoms with Gasteiger partial charge in [-0.15, -0.1) is 11.8 Å². The normalized spacial score (nSPS) is 21.3. The molecule has 0 aromatic heterocycles. The molecule has 1 aliphatic carbocycles. The van der Waals surface area contributed by atoms with E-state index in [1.54, 1.807) is 34.6 Å². The molecule has 2 heterocycles. The third kappa shape index (κ3) is 5.56. The summed E-state index contributed by atoms with van der Waals surface area (Å²) >= 11 is 1.16. The number of fused-ring (bicyclic) bond motifs is 1. The van der Waals surface area contributed by atoms with Gasteiger partial charge < -0.3 is 19.9 Å². The van der Waals surface area contributed by atoms with E-state index >= 15 is 0 Å². The van der Waals surface area contributed by atoms with Crippen molar-refractivity contribution < 1.29 is 32.3 Å². The minimum absolute atomic E-state index is 0.167. The highest BCUT2D eigenvalue weighted by Gasteiger charge is 2.49. The number of nitrogens with one attached hydrogen (secondary N) is 1. The van der Waals surface area contributed by atoms with Crippen molar-refractivity contribution in [2.24, 2.45) is 0 Å². The minimum atomic E-state index is -4.76. The average molecular weight is 542 g/mol. The van der Waals surface area contributed by atoms with Gasteiger partial charge in [0.1, 0.15) is 5.60 Å². The zero-order chi connectivity index (χ0) is 27.3. The Kier molecular flexibility index (Phi) is 7.24. The Balaban J connectivity index is 1.66. The van der Waals surface area contributed by atoms with E-state index in [1.807, 2.05) is 0 Å². The van der Waals surface area contributed by atoms with Crippen molar-refractivity contribution in [1.29, 1.82) is 0 Å². The quantitative estimate of drug-likeness (QED) is 0.514. The van der Waals surface area contributed by atoms with Crippen molar-refractivity contribution in [3.8, 4) is 0 Å². The zero-order valence-electron chi connectivity index (χ0n) is 21.8. The molecule has 11 heteroatoms. The van der Waals surface area contributed by atoms with Gasteiger partial charge in [-0.25, -0.2) is 4.79 Å². The first-order chi connectivity index (χ1) is 17.1. The molecule has 0 bridgehead atoms. The number of piperidine rings is 1. The Morgan fingerprint density at radius 3 is 2.41 bits per heavy atom. The predicted molar refractivity (Wildman–Crippen MR) is 135 cm³/mol. The molecule has 7 nitrogen and oxygen atoms in total. The molecule has 3 aliphatic rings. The molecular formula is C26H34F3N3O4S. The number of likely N-dealkylation sites (tertiary alicyclic amines) is 1. The number of carbonyl (C=O) groups is 3. The highest BCUT2D eigenvalue weighted by atomic mass is 32.2. The fourth-order valence-corrected chi connectivity index (χ4v) is 6.58. The van der Waals surface area contributed by atoms with E-state index in [2.05, 4.69) is 5.32 Å². The molecule has 1 saturated heterocycles. The lowest BCUT2D eigenvalue weighted by Gasteiger charge is -2.43. The smallest absolute Gasteiger partial charge is 0.417 e. The van der Waals surface area contributed by atoms with Crippen molar-refractivity contribution >= 4 is 35.4 Å². The van der Waals surface area contributed by atoms with Crippen LogP contribution in [-0.4, -0.2) is 63.2 Å². The maximum Gasteiger partial charge on any atom is 0.417 e. The topological polar surface area (TPSA) is 79.0 Å². The number of nitrogens with zero attached hydrogens (tertiary/aromatic N) is 2. The first kappa shape index (κ1) is 27.6. The Hall–Kier alpha value is -2.43. The SMILES string of the molecule is CC(C)N(C(=O)c1cc2c(cc1C(F)(F)F)SC1(CCC1)C(=O)N2)[C@@H]1CCCN(C(=O)OC(C)(C)C)C1. The molecule has 1 N–H and O–H groups in total. The van der Waals surface area contributed by atoms with E-state index in [1.165, 1.54) is 15.9 Å². The van der Waals surface area contributed by atoms with Crippen LogP contribution >= 0.6 is 11.8 Å². The van der Waals surface area contributed by atoms with Crippen LogP contribution in [0.5, 0.6) is 0 Å². The van der Waals surface area contributed by atoms with Crippen molar-refractivity contribution in [2.75, 3.05) is 18.4 Å². The van der Waals surface area contributed by atoms with Crippen molar-refractivity contribution in [2.45, 2.75) is 100 Å². The van der Waals surface area contributed by atoms with E-state index in [-0.39, 0.29) is 18.1 Å². The minimum Gasteiger partial charge on any atom is -0.444 e.